The van der Waals surface area contributed by atoms with Crippen molar-refractivity contribution in [2.45, 2.75) is 38.1 Å². The number of amides is 1. The van der Waals surface area contributed by atoms with E-state index in [1.807, 2.05) is 17.2 Å². The van der Waals surface area contributed by atoms with E-state index in [-0.39, 0.29) is 11.9 Å². The number of aromatic amines is 1. The standard InChI is InChI=1S/C27H32BrClN8O/c28-20-14-19-2-1-18-15-21(29)3-4-22(18)25(24(19)31-16-20)36-11-9-35(10-12-36)23(38)13-17-5-7-37(8-6-17)27-32-26(30)33-34-27/h3-4,14-17,25H,1-2,5-13H2,(H3,30,32,33,34). The molecular weight excluding hydrogens is 568 g/mol. The van der Waals surface area contributed by atoms with E-state index in [1.165, 1.54) is 16.7 Å². The molecule has 1 aliphatic carbocycles. The van der Waals surface area contributed by atoms with Crippen molar-refractivity contribution < 1.29 is 4.79 Å². The average Bonchev–Trinajstić information content (AvgIpc) is 3.29. The number of nitrogens with two attached hydrogens (primary N) is 1. The second-order valence-electron chi connectivity index (χ2n) is 10.5. The molecule has 3 aliphatic rings. The Labute approximate surface area is 235 Å². The summed E-state index contributed by atoms with van der Waals surface area (Å²) in [5.41, 5.74) is 10.6. The van der Waals surface area contributed by atoms with Crippen molar-refractivity contribution in [1.29, 1.82) is 0 Å². The fourth-order valence-electron chi connectivity index (χ4n) is 6.13. The molecule has 2 aromatic heterocycles. The molecule has 2 aliphatic heterocycles. The highest BCUT2D eigenvalue weighted by atomic mass is 79.9. The number of rotatable bonds is 4. The van der Waals surface area contributed by atoms with Crippen LogP contribution in [-0.4, -0.2) is 75.1 Å². The van der Waals surface area contributed by atoms with E-state index in [0.717, 1.165) is 80.1 Å². The molecular formula is C27H32BrClN8O. The topological polar surface area (TPSA) is 107 Å². The van der Waals surface area contributed by atoms with Crippen LogP contribution in [0.4, 0.5) is 11.9 Å². The Morgan fingerprint density at radius 3 is 2.58 bits per heavy atom. The smallest absolute Gasteiger partial charge is 0.246 e. The van der Waals surface area contributed by atoms with Crippen molar-refractivity contribution >= 4 is 45.3 Å². The first-order chi connectivity index (χ1) is 18.4. The van der Waals surface area contributed by atoms with Gasteiger partial charge in [0.2, 0.25) is 17.8 Å². The number of H-pyrrole nitrogens is 1. The van der Waals surface area contributed by atoms with Crippen molar-refractivity contribution in [2.75, 3.05) is 49.9 Å². The van der Waals surface area contributed by atoms with Gasteiger partial charge in [-0.05, 0) is 82.4 Å². The molecule has 3 N–H and O–H groups in total. The molecule has 9 nitrogen and oxygen atoms in total. The highest BCUT2D eigenvalue weighted by Crippen LogP contribution is 2.38. The number of aromatic nitrogens is 4. The maximum Gasteiger partial charge on any atom is 0.246 e. The highest BCUT2D eigenvalue weighted by molar-refractivity contribution is 9.10. The summed E-state index contributed by atoms with van der Waals surface area (Å²) < 4.78 is 1.00. The summed E-state index contributed by atoms with van der Waals surface area (Å²) in [5.74, 6) is 1.63. The molecule has 1 atom stereocenters. The summed E-state index contributed by atoms with van der Waals surface area (Å²) in [7, 11) is 0. The number of hydrogen-bond acceptors (Lipinski definition) is 7. The lowest BCUT2D eigenvalue weighted by Gasteiger charge is -2.40. The number of piperidine rings is 1. The summed E-state index contributed by atoms with van der Waals surface area (Å²) in [4.78, 5) is 29.0. The van der Waals surface area contributed by atoms with E-state index >= 15 is 0 Å². The number of pyridine rings is 1. The maximum absolute atomic E-state index is 13.2. The number of hydrogen-bond donors (Lipinski definition) is 2. The lowest BCUT2D eigenvalue weighted by atomic mass is 9.93. The van der Waals surface area contributed by atoms with Gasteiger partial charge in [0.15, 0.2) is 0 Å². The van der Waals surface area contributed by atoms with E-state index in [4.69, 9.17) is 22.3 Å². The van der Waals surface area contributed by atoms with Crippen molar-refractivity contribution in [3.63, 3.8) is 0 Å². The van der Waals surface area contributed by atoms with Gasteiger partial charge in [-0.3, -0.25) is 14.7 Å². The van der Waals surface area contributed by atoms with E-state index in [0.29, 0.717) is 24.2 Å². The lowest BCUT2D eigenvalue weighted by molar-refractivity contribution is -0.134. The zero-order valence-corrected chi connectivity index (χ0v) is 23.6. The Morgan fingerprint density at radius 1 is 1.08 bits per heavy atom. The number of carbonyl (C=O) groups excluding carboxylic acids is 1. The summed E-state index contributed by atoms with van der Waals surface area (Å²) in [6.07, 6.45) is 6.30. The van der Waals surface area contributed by atoms with Gasteiger partial charge in [0.1, 0.15) is 0 Å². The monoisotopic (exact) mass is 598 g/mol. The van der Waals surface area contributed by atoms with Crippen LogP contribution in [0.2, 0.25) is 5.02 Å². The summed E-state index contributed by atoms with van der Waals surface area (Å²) >= 11 is 9.98. The third kappa shape index (κ3) is 5.26. The third-order valence-electron chi connectivity index (χ3n) is 8.17. The van der Waals surface area contributed by atoms with Gasteiger partial charge in [0.25, 0.3) is 0 Å². The van der Waals surface area contributed by atoms with E-state index in [1.54, 1.807) is 0 Å². The Bertz CT molecular complexity index is 1260. The first kappa shape index (κ1) is 25.6. The first-order valence-electron chi connectivity index (χ1n) is 13.3. The van der Waals surface area contributed by atoms with Gasteiger partial charge in [0, 0.05) is 61.4 Å². The number of nitrogens with one attached hydrogen (secondary N) is 1. The molecule has 3 aromatic rings. The van der Waals surface area contributed by atoms with Crippen LogP contribution >= 0.6 is 27.5 Å². The summed E-state index contributed by atoms with van der Waals surface area (Å²) in [5, 5.41) is 7.63. The predicted octanol–water partition coefficient (Wildman–Crippen LogP) is 3.84. The molecule has 4 heterocycles. The number of nitrogen functional groups attached to an aromatic ring is 1. The molecule has 0 bridgehead atoms. The minimum atomic E-state index is 0.0686. The summed E-state index contributed by atoms with van der Waals surface area (Å²) in [6.45, 7) is 4.80. The molecule has 2 fully saturated rings. The van der Waals surface area contributed by atoms with Gasteiger partial charge < -0.3 is 15.5 Å². The van der Waals surface area contributed by atoms with Gasteiger partial charge in [-0.2, -0.15) is 4.98 Å². The van der Waals surface area contributed by atoms with Crippen LogP contribution in [-0.2, 0) is 17.6 Å². The number of halogens is 2. The van der Waals surface area contributed by atoms with E-state index in [2.05, 4.69) is 59.1 Å². The Balaban J connectivity index is 1.10. The Kier molecular flexibility index (Phi) is 7.29. The second-order valence-corrected chi connectivity index (χ2v) is 11.9. The SMILES string of the molecule is Nc1nc(N2CCC(CC(=O)N3CCN(C4c5ccc(Cl)cc5CCc5cc(Br)cnc54)CC3)CC2)n[nH]1. The number of anilines is 2. The zero-order chi connectivity index (χ0) is 26.2. The third-order valence-corrected chi connectivity index (χ3v) is 8.84. The van der Waals surface area contributed by atoms with Crippen molar-refractivity contribution in [3.8, 4) is 0 Å². The van der Waals surface area contributed by atoms with Gasteiger partial charge >= 0.3 is 0 Å². The molecule has 1 amide bonds. The van der Waals surface area contributed by atoms with E-state index < -0.39 is 0 Å². The van der Waals surface area contributed by atoms with Crippen molar-refractivity contribution in [1.82, 2.24) is 30.0 Å². The fraction of sp³-hybridized carbons (Fsp3) is 0.481. The van der Waals surface area contributed by atoms with Crippen molar-refractivity contribution in [2.24, 2.45) is 5.92 Å². The molecule has 1 unspecified atom stereocenters. The van der Waals surface area contributed by atoms with Crippen LogP contribution in [0, 0.1) is 5.92 Å². The van der Waals surface area contributed by atoms with Crippen molar-refractivity contribution in [3.05, 3.63) is 62.3 Å². The zero-order valence-electron chi connectivity index (χ0n) is 21.2. The normalized spacial score (nSPS) is 20.6. The average molecular weight is 600 g/mol. The fourth-order valence-corrected chi connectivity index (χ4v) is 6.70. The van der Waals surface area contributed by atoms with E-state index in [9.17, 15) is 4.79 Å². The number of fused-ring (bicyclic) bond motifs is 2. The minimum Gasteiger partial charge on any atom is -0.368 e. The Morgan fingerprint density at radius 2 is 1.84 bits per heavy atom. The Hall–Kier alpha value is -2.69. The van der Waals surface area contributed by atoms with Crippen LogP contribution in [0.15, 0.2) is 34.9 Å². The number of benzene rings is 1. The van der Waals surface area contributed by atoms with Crippen LogP contribution in [0.25, 0.3) is 0 Å². The van der Waals surface area contributed by atoms with Gasteiger partial charge in [-0.15, -0.1) is 5.10 Å². The van der Waals surface area contributed by atoms with Gasteiger partial charge in [-0.25, -0.2) is 5.10 Å². The summed E-state index contributed by atoms with van der Waals surface area (Å²) in [6, 6.07) is 8.52. The molecule has 6 rings (SSSR count). The first-order valence-corrected chi connectivity index (χ1v) is 14.5. The molecule has 200 valence electrons. The quantitative estimate of drug-likeness (QED) is 0.469. The van der Waals surface area contributed by atoms with Crippen LogP contribution in [0.1, 0.15) is 47.7 Å². The molecule has 0 spiro atoms. The molecule has 11 heteroatoms. The largest absolute Gasteiger partial charge is 0.368 e. The number of aryl methyl sites for hydroxylation is 2. The molecule has 0 saturated carbocycles. The highest BCUT2D eigenvalue weighted by Gasteiger charge is 2.34. The molecule has 2 saturated heterocycles. The number of nitrogens with zero attached hydrogens (tertiary/aromatic N) is 6. The number of piperazine rings is 1. The lowest BCUT2D eigenvalue weighted by Crippen LogP contribution is -2.50. The van der Waals surface area contributed by atoms with Crippen LogP contribution in [0.3, 0.4) is 0 Å². The minimum absolute atomic E-state index is 0.0686. The molecule has 38 heavy (non-hydrogen) atoms. The maximum atomic E-state index is 13.2. The second kappa shape index (κ2) is 10.8. The molecule has 0 radical (unpaired) electrons. The van der Waals surface area contributed by atoms with Gasteiger partial charge in [-0.1, -0.05) is 17.7 Å². The molecule has 1 aromatic carbocycles. The van der Waals surface area contributed by atoms with Gasteiger partial charge in [0.05, 0.1) is 11.7 Å². The van der Waals surface area contributed by atoms with Crippen LogP contribution < -0.4 is 10.6 Å². The van der Waals surface area contributed by atoms with Crippen LogP contribution in [0.5, 0.6) is 0 Å². The number of carbonyl (C=O) groups is 1. The predicted molar refractivity (Wildman–Crippen MR) is 151 cm³/mol.